The number of hydrogen-bond acceptors (Lipinski definition) is 4. The van der Waals surface area contributed by atoms with E-state index >= 15 is 0 Å². The minimum Gasteiger partial charge on any atom is -0.464 e. The van der Waals surface area contributed by atoms with Gasteiger partial charge < -0.3 is 10.1 Å². The normalized spacial score (nSPS) is 22.4. The molecule has 6 heteroatoms. The zero-order valence-electron chi connectivity index (χ0n) is 16.7. The molecular weight excluding hydrogens is 359 g/mol. The molecule has 28 heavy (non-hydrogen) atoms. The molecule has 2 fully saturated rings. The van der Waals surface area contributed by atoms with Crippen LogP contribution in [0.15, 0.2) is 24.3 Å². The first-order valence-electron chi connectivity index (χ1n) is 10.5. The van der Waals surface area contributed by atoms with Crippen molar-refractivity contribution < 1.29 is 18.7 Å². The van der Waals surface area contributed by atoms with E-state index in [4.69, 9.17) is 4.74 Å². The van der Waals surface area contributed by atoms with Gasteiger partial charge in [0.05, 0.1) is 12.5 Å². The van der Waals surface area contributed by atoms with Crippen LogP contribution in [-0.2, 0) is 20.9 Å². The molecule has 1 aliphatic heterocycles. The van der Waals surface area contributed by atoms with Crippen LogP contribution in [0.5, 0.6) is 0 Å². The second-order valence-corrected chi connectivity index (χ2v) is 8.06. The summed E-state index contributed by atoms with van der Waals surface area (Å²) in [5, 5.41) is 3.08. The van der Waals surface area contributed by atoms with E-state index in [1.54, 1.807) is 19.1 Å². The molecule has 0 radical (unpaired) electrons. The average Bonchev–Trinajstić information content (AvgIpc) is 2.69. The molecule has 0 bridgehead atoms. The highest BCUT2D eigenvalue weighted by Crippen LogP contribution is 2.30. The maximum Gasteiger partial charge on any atom is 0.331 e. The van der Waals surface area contributed by atoms with E-state index in [0.29, 0.717) is 32.5 Å². The number of nitrogens with zero attached hydrogens (tertiary/aromatic N) is 1. The van der Waals surface area contributed by atoms with Crippen LogP contribution in [0, 0.1) is 11.7 Å². The van der Waals surface area contributed by atoms with Crippen LogP contribution < -0.4 is 5.32 Å². The quantitative estimate of drug-likeness (QED) is 0.756. The van der Waals surface area contributed by atoms with Crippen LogP contribution in [0.25, 0.3) is 0 Å². The van der Waals surface area contributed by atoms with Gasteiger partial charge in [0, 0.05) is 13.1 Å². The number of amides is 1. The van der Waals surface area contributed by atoms with Crippen molar-refractivity contribution in [3.05, 3.63) is 35.6 Å². The van der Waals surface area contributed by atoms with Crippen molar-refractivity contribution in [2.75, 3.05) is 19.7 Å². The Morgan fingerprint density at radius 1 is 1.25 bits per heavy atom. The Morgan fingerprint density at radius 3 is 2.75 bits per heavy atom. The number of carbonyl (C=O) groups is 2. The monoisotopic (exact) mass is 390 g/mol. The lowest BCUT2D eigenvalue weighted by molar-refractivity contribution is -0.155. The summed E-state index contributed by atoms with van der Waals surface area (Å²) in [6.45, 7) is 4.26. The van der Waals surface area contributed by atoms with Gasteiger partial charge in [-0.25, -0.2) is 9.18 Å². The van der Waals surface area contributed by atoms with Crippen molar-refractivity contribution in [1.29, 1.82) is 0 Å². The number of halogens is 1. The molecule has 1 amide bonds. The smallest absolute Gasteiger partial charge is 0.331 e. The molecule has 5 nitrogen and oxygen atoms in total. The highest BCUT2D eigenvalue weighted by molar-refractivity contribution is 5.89. The van der Waals surface area contributed by atoms with Crippen molar-refractivity contribution in [3.63, 3.8) is 0 Å². The summed E-state index contributed by atoms with van der Waals surface area (Å²) in [5.41, 5.74) is 0.0484. The average molecular weight is 390 g/mol. The van der Waals surface area contributed by atoms with Gasteiger partial charge in [-0.15, -0.1) is 0 Å². The lowest BCUT2D eigenvalue weighted by atomic mass is 9.81. The minimum absolute atomic E-state index is 0.0566. The van der Waals surface area contributed by atoms with Gasteiger partial charge in [0.15, 0.2) is 0 Å². The first kappa shape index (κ1) is 20.8. The molecule has 1 aromatic rings. The summed E-state index contributed by atoms with van der Waals surface area (Å²) in [6.07, 6.45) is 5.96. The number of nitrogens with one attached hydrogen (secondary N) is 1. The van der Waals surface area contributed by atoms with Gasteiger partial charge in [-0.1, -0.05) is 31.4 Å². The summed E-state index contributed by atoms with van der Waals surface area (Å²) >= 11 is 0. The van der Waals surface area contributed by atoms with Gasteiger partial charge in [-0.05, 0) is 56.8 Å². The topological polar surface area (TPSA) is 58.6 Å². The molecule has 1 N–H and O–H groups in total. The van der Waals surface area contributed by atoms with E-state index in [1.807, 2.05) is 6.07 Å². The fraction of sp³-hybridized carbons (Fsp3) is 0.636. The number of benzene rings is 1. The molecule has 1 atom stereocenters. The van der Waals surface area contributed by atoms with Gasteiger partial charge in [0.1, 0.15) is 11.4 Å². The number of esters is 1. The third-order valence-corrected chi connectivity index (χ3v) is 5.91. The van der Waals surface area contributed by atoms with Crippen LogP contribution in [0.4, 0.5) is 4.39 Å². The summed E-state index contributed by atoms with van der Waals surface area (Å²) in [5.74, 6) is -0.748. The summed E-state index contributed by atoms with van der Waals surface area (Å²) < 4.78 is 18.7. The predicted molar refractivity (Wildman–Crippen MR) is 105 cm³/mol. The van der Waals surface area contributed by atoms with Gasteiger partial charge in [0.25, 0.3) is 0 Å². The van der Waals surface area contributed by atoms with E-state index in [1.165, 1.54) is 6.07 Å². The standard InChI is InChI=1S/C22H31FN2O3/c1-2-28-21(27)22(11-4-3-5-12-22)24-20(26)18-9-7-13-25(16-18)15-17-8-6-10-19(23)14-17/h6,8,10,14,18H,2-5,7,9,11-13,15-16H2,1H3,(H,24,26). The second kappa shape index (κ2) is 9.50. The second-order valence-electron chi connectivity index (χ2n) is 8.06. The molecule has 1 aliphatic carbocycles. The van der Waals surface area contributed by atoms with E-state index < -0.39 is 5.54 Å². The van der Waals surface area contributed by atoms with E-state index in [9.17, 15) is 14.0 Å². The van der Waals surface area contributed by atoms with Crippen LogP contribution >= 0.6 is 0 Å². The number of hydrogen-bond donors (Lipinski definition) is 1. The Kier molecular flexibility index (Phi) is 7.05. The summed E-state index contributed by atoms with van der Waals surface area (Å²) in [4.78, 5) is 27.8. The van der Waals surface area contributed by atoms with Gasteiger partial charge in [-0.2, -0.15) is 0 Å². The Labute approximate surface area is 166 Å². The molecular formula is C22H31FN2O3. The molecule has 0 spiro atoms. The van der Waals surface area contributed by atoms with Crippen molar-refractivity contribution in [3.8, 4) is 0 Å². The number of likely N-dealkylation sites (tertiary alicyclic amines) is 1. The third kappa shape index (κ3) is 5.10. The zero-order chi connectivity index (χ0) is 20.0. The number of rotatable bonds is 6. The van der Waals surface area contributed by atoms with Gasteiger partial charge >= 0.3 is 5.97 Å². The van der Waals surface area contributed by atoms with E-state index in [-0.39, 0.29) is 23.6 Å². The maximum absolute atomic E-state index is 13.4. The number of carbonyl (C=O) groups excluding carboxylic acids is 2. The van der Waals surface area contributed by atoms with Crippen LogP contribution in [0.1, 0.15) is 57.4 Å². The largest absolute Gasteiger partial charge is 0.464 e. The van der Waals surface area contributed by atoms with Crippen molar-refractivity contribution in [1.82, 2.24) is 10.2 Å². The highest BCUT2D eigenvalue weighted by atomic mass is 19.1. The molecule has 3 rings (SSSR count). The van der Waals surface area contributed by atoms with Crippen molar-refractivity contribution in [2.24, 2.45) is 5.92 Å². The van der Waals surface area contributed by atoms with Crippen LogP contribution in [-0.4, -0.2) is 42.0 Å². The first-order valence-corrected chi connectivity index (χ1v) is 10.5. The summed E-state index contributed by atoms with van der Waals surface area (Å²) in [7, 11) is 0. The van der Waals surface area contributed by atoms with E-state index in [2.05, 4.69) is 10.2 Å². The molecule has 1 saturated heterocycles. The number of piperidine rings is 1. The fourth-order valence-corrected chi connectivity index (χ4v) is 4.45. The van der Waals surface area contributed by atoms with Crippen molar-refractivity contribution >= 4 is 11.9 Å². The Hall–Kier alpha value is -1.95. The molecule has 1 aromatic carbocycles. The first-order chi connectivity index (χ1) is 13.5. The van der Waals surface area contributed by atoms with Gasteiger partial charge in [-0.3, -0.25) is 9.69 Å². The summed E-state index contributed by atoms with van der Waals surface area (Å²) in [6, 6.07) is 6.60. The lowest BCUT2D eigenvalue weighted by Gasteiger charge is -2.38. The van der Waals surface area contributed by atoms with Crippen molar-refractivity contribution in [2.45, 2.75) is 64.0 Å². The zero-order valence-corrected chi connectivity index (χ0v) is 16.7. The predicted octanol–water partition coefficient (Wildman–Crippen LogP) is 3.42. The minimum atomic E-state index is -0.865. The molecule has 1 heterocycles. The van der Waals surface area contributed by atoms with Gasteiger partial charge in [0.2, 0.25) is 5.91 Å². The SMILES string of the molecule is CCOC(=O)C1(NC(=O)C2CCCN(Cc3cccc(F)c3)C2)CCCCC1. The fourth-order valence-electron chi connectivity index (χ4n) is 4.45. The highest BCUT2D eigenvalue weighted by Gasteiger charge is 2.43. The van der Waals surface area contributed by atoms with Crippen LogP contribution in [0.3, 0.4) is 0 Å². The molecule has 154 valence electrons. The number of ether oxygens (including phenoxy) is 1. The van der Waals surface area contributed by atoms with E-state index in [0.717, 1.165) is 44.2 Å². The molecule has 0 aromatic heterocycles. The Bertz CT molecular complexity index is 688. The Morgan fingerprint density at radius 2 is 2.04 bits per heavy atom. The third-order valence-electron chi connectivity index (χ3n) is 5.91. The molecule has 2 aliphatic rings. The lowest BCUT2D eigenvalue weighted by Crippen LogP contribution is -2.58. The molecule has 1 saturated carbocycles. The van der Waals surface area contributed by atoms with Crippen LogP contribution in [0.2, 0.25) is 0 Å². The maximum atomic E-state index is 13.4. The molecule has 1 unspecified atom stereocenters. The Balaban J connectivity index is 1.63.